The molecule has 0 saturated carbocycles. The third-order valence-corrected chi connectivity index (χ3v) is 4.73. The minimum atomic E-state index is -0.533. The minimum Gasteiger partial charge on any atom is -0.497 e. The SMILES string of the molecule is COc1ccc(C(=O)Nc2nc(CC(=O)Nc3ccc(C(N)=O)cc3)cs2)cc1. The smallest absolute Gasteiger partial charge is 0.257 e. The summed E-state index contributed by atoms with van der Waals surface area (Å²) < 4.78 is 5.07. The lowest BCUT2D eigenvalue weighted by Crippen LogP contribution is -2.15. The Balaban J connectivity index is 1.55. The molecule has 3 amide bonds. The van der Waals surface area contributed by atoms with Crippen molar-refractivity contribution in [1.29, 1.82) is 0 Å². The predicted molar refractivity (Wildman–Crippen MR) is 110 cm³/mol. The summed E-state index contributed by atoms with van der Waals surface area (Å²) in [4.78, 5) is 39.8. The molecule has 4 N–H and O–H groups in total. The van der Waals surface area contributed by atoms with E-state index in [1.807, 2.05) is 0 Å². The number of benzene rings is 2. The third kappa shape index (κ3) is 5.39. The van der Waals surface area contributed by atoms with E-state index in [0.717, 1.165) is 0 Å². The number of aromatic nitrogens is 1. The highest BCUT2D eigenvalue weighted by Gasteiger charge is 2.12. The van der Waals surface area contributed by atoms with Gasteiger partial charge in [-0.05, 0) is 48.5 Å². The maximum Gasteiger partial charge on any atom is 0.257 e. The van der Waals surface area contributed by atoms with Crippen LogP contribution in [0.1, 0.15) is 26.4 Å². The molecule has 0 spiro atoms. The Morgan fingerprint density at radius 1 is 1.00 bits per heavy atom. The molecule has 0 aliphatic heterocycles. The van der Waals surface area contributed by atoms with Crippen molar-refractivity contribution in [2.24, 2.45) is 5.73 Å². The van der Waals surface area contributed by atoms with E-state index in [9.17, 15) is 14.4 Å². The molecule has 0 aliphatic rings. The molecule has 1 aromatic heterocycles. The number of thiazole rings is 1. The maximum absolute atomic E-state index is 12.3. The van der Waals surface area contributed by atoms with Crippen molar-refractivity contribution in [3.05, 3.63) is 70.7 Å². The van der Waals surface area contributed by atoms with Crippen molar-refractivity contribution < 1.29 is 19.1 Å². The summed E-state index contributed by atoms with van der Waals surface area (Å²) in [6.07, 6.45) is 0.0481. The standard InChI is InChI=1S/C20H18N4O4S/c1-28-16-8-4-13(5-9-16)19(27)24-20-23-15(11-29-20)10-17(25)22-14-6-2-12(3-7-14)18(21)26/h2-9,11H,10H2,1H3,(H2,21,26)(H,22,25)(H,23,24,27). The lowest BCUT2D eigenvalue weighted by molar-refractivity contribution is -0.115. The summed E-state index contributed by atoms with van der Waals surface area (Å²) in [5, 5.41) is 7.54. The van der Waals surface area contributed by atoms with Crippen molar-refractivity contribution in [3.63, 3.8) is 0 Å². The van der Waals surface area contributed by atoms with E-state index in [0.29, 0.717) is 33.4 Å². The van der Waals surface area contributed by atoms with Crippen LogP contribution in [0.2, 0.25) is 0 Å². The first-order valence-corrected chi connectivity index (χ1v) is 9.42. The molecule has 0 bridgehead atoms. The number of anilines is 2. The second kappa shape index (κ2) is 8.98. The summed E-state index contributed by atoms with van der Waals surface area (Å²) in [5.41, 5.74) is 7.10. The quantitative estimate of drug-likeness (QED) is 0.552. The Bertz CT molecular complexity index is 1030. The van der Waals surface area contributed by atoms with E-state index in [-0.39, 0.29) is 18.2 Å². The van der Waals surface area contributed by atoms with E-state index < -0.39 is 5.91 Å². The van der Waals surface area contributed by atoms with Gasteiger partial charge in [-0.15, -0.1) is 11.3 Å². The van der Waals surface area contributed by atoms with Crippen molar-refractivity contribution >= 4 is 39.9 Å². The number of ether oxygens (including phenoxy) is 1. The normalized spacial score (nSPS) is 10.2. The van der Waals surface area contributed by atoms with Crippen LogP contribution in [0.4, 0.5) is 10.8 Å². The zero-order valence-electron chi connectivity index (χ0n) is 15.5. The zero-order chi connectivity index (χ0) is 20.8. The van der Waals surface area contributed by atoms with Crippen LogP contribution < -0.4 is 21.1 Å². The molecule has 29 heavy (non-hydrogen) atoms. The summed E-state index contributed by atoms with van der Waals surface area (Å²) in [7, 11) is 1.55. The van der Waals surface area contributed by atoms with Gasteiger partial charge in [-0.1, -0.05) is 0 Å². The van der Waals surface area contributed by atoms with Crippen LogP contribution in [0.15, 0.2) is 53.9 Å². The fraction of sp³-hybridized carbons (Fsp3) is 0.100. The number of carbonyl (C=O) groups is 3. The van der Waals surface area contributed by atoms with Gasteiger partial charge in [0.05, 0.1) is 19.2 Å². The molecule has 2 aromatic carbocycles. The molecular weight excluding hydrogens is 392 g/mol. The highest BCUT2D eigenvalue weighted by molar-refractivity contribution is 7.14. The third-order valence-electron chi connectivity index (χ3n) is 3.92. The fourth-order valence-electron chi connectivity index (χ4n) is 2.44. The number of carbonyl (C=O) groups excluding carboxylic acids is 3. The number of rotatable bonds is 7. The second-order valence-corrected chi connectivity index (χ2v) is 6.85. The van der Waals surface area contributed by atoms with Gasteiger partial charge in [0.25, 0.3) is 5.91 Å². The minimum absolute atomic E-state index is 0.0481. The Morgan fingerprint density at radius 3 is 2.28 bits per heavy atom. The largest absolute Gasteiger partial charge is 0.497 e. The molecule has 1 heterocycles. The van der Waals surface area contributed by atoms with Crippen LogP contribution in [0.3, 0.4) is 0 Å². The Labute approximate surface area is 170 Å². The summed E-state index contributed by atoms with van der Waals surface area (Å²) in [6, 6.07) is 13.0. The zero-order valence-corrected chi connectivity index (χ0v) is 16.3. The van der Waals surface area contributed by atoms with Gasteiger partial charge < -0.3 is 15.8 Å². The highest BCUT2D eigenvalue weighted by atomic mass is 32.1. The molecular formula is C20H18N4O4S. The number of amides is 3. The molecule has 3 rings (SSSR count). The van der Waals surface area contributed by atoms with Crippen molar-refractivity contribution in [3.8, 4) is 5.75 Å². The topological polar surface area (TPSA) is 123 Å². The first-order chi connectivity index (χ1) is 13.9. The highest BCUT2D eigenvalue weighted by Crippen LogP contribution is 2.19. The Kier molecular flexibility index (Phi) is 6.20. The molecule has 0 fully saturated rings. The van der Waals surface area contributed by atoms with Crippen LogP contribution in [0.5, 0.6) is 5.75 Å². The van der Waals surface area contributed by atoms with Gasteiger partial charge in [0.15, 0.2) is 5.13 Å². The summed E-state index contributed by atoms with van der Waals surface area (Å²) >= 11 is 1.23. The van der Waals surface area contributed by atoms with Gasteiger partial charge in [0.1, 0.15) is 5.75 Å². The molecule has 8 nitrogen and oxygen atoms in total. The van der Waals surface area contributed by atoms with Gasteiger partial charge in [0, 0.05) is 22.2 Å². The van der Waals surface area contributed by atoms with Gasteiger partial charge in [-0.25, -0.2) is 4.98 Å². The Morgan fingerprint density at radius 2 is 1.66 bits per heavy atom. The second-order valence-electron chi connectivity index (χ2n) is 5.99. The van der Waals surface area contributed by atoms with Crippen LogP contribution in [-0.2, 0) is 11.2 Å². The van der Waals surface area contributed by atoms with Crippen LogP contribution in [0, 0.1) is 0 Å². The van der Waals surface area contributed by atoms with Gasteiger partial charge >= 0.3 is 0 Å². The monoisotopic (exact) mass is 410 g/mol. The van der Waals surface area contributed by atoms with Crippen molar-refractivity contribution in [2.75, 3.05) is 17.7 Å². The van der Waals surface area contributed by atoms with Gasteiger partial charge in [0.2, 0.25) is 11.8 Å². The van der Waals surface area contributed by atoms with Crippen LogP contribution in [-0.4, -0.2) is 29.8 Å². The average Bonchev–Trinajstić information content (AvgIpc) is 3.14. The van der Waals surface area contributed by atoms with E-state index >= 15 is 0 Å². The number of hydrogen-bond donors (Lipinski definition) is 3. The first kappa shape index (κ1) is 20.0. The molecule has 0 aliphatic carbocycles. The van der Waals surface area contributed by atoms with E-state index in [4.69, 9.17) is 10.5 Å². The molecule has 9 heteroatoms. The van der Waals surface area contributed by atoms with Gasteiger partial charge in [-0.2, -0.15) is 0 Å². The van der Waals surface area contributed by atoms with E-state index in [1.54, 1.807) is 48.9 Å². The van der Waals surface area contributed by atoms with Crippen molar-refractivity contribution in [2.45, 2.75) is 6.42 Å². The predicted octanol–water partition coefficient (Wildman–Crippen LogP) is 2.68. The maximum atomic E-state index is 12.3. The average molecular weight is 410 g/mol. The number of methoxy groups -OCH3 is 1. The Hall–Kier alpha value is -3.72. The lowest BCUT2D eigenvalue weighted by Gasteiger charge is -2.05. The molecule has 0 radical (unpaired) electrons. The number of nitrogens with zero attached hydrogens (tertiary/aromatic N) is 1. The fourth-order valence-corrected chi connectivity index (χ4v) is 3.15. The first-order valence-electron chi connectivity index (χ1n) is 8.54. The molecule has 3 aromatic rings. The van der Waals surface area contributed by atoms with E-state index in [2.05, 4.69) is 15.6 Å². The molecule has 0 saturated heterocycles. The lowest BCUT2D eigenvalue weighted by atomic mass is 10.2. The number of primary amides is 1. The van der Waals surface area contributed by atoms with E-state index in [1.165, 1.54) is 23.5 Å². The summed E-state index contributed by atoms with van der Waals surface area (Å²) in [5.74, 6) is -0.439. The molecule has 0 unspecified atom stereocenters. The number of hydrogen-bond acceptors (Lipinski definition) is 6. The summed E-state index contributed by atoms with van der Waals surface area (Å²) in [6.45, 7) is 0. The van der Waals surface area contributed by atoms with Crippen LogP contribution >= 0.6 is 11.3 Å². The number of nitrogens with one attached hydrogen (secondary N) is 2. The van der Waals surface area contributed by atoms with Crippen molar-refractivity contribution in [1.82, 2.24) is 4.98 Å². The van der Waals surface area contributed by atoms with Crippen LogP contribution in [0.25, 0.3) is 0 Å². The number of nitrogens with two attached hydrogens (primary N) is 1. The van der Waals surface area contributed by atoms with Gasteiger partial charge in [-0.3, -0.25) is 19.7 Å². The molecule has 0 atom stereocenters. The molecule has 148 valence electrons.